The zero-order valence-corrected chi connectivity index (χ0v) is 14.6. The minimum Gasteiger partial charge on any atom is -0.455 e. The Labute approximate surface area is 156 Å². The number of rotatable bonds is 2. The molecular weight excluding hydrogens is 332 g/mol. The summed E-state index contributed by atoms with van der Waals surface area (Å²) < 4.78 is 6.43. The molecule has 0 unspecified atom stereocenters. The summed E-state index contributed by atoms with van der Waals surface area (Å²) in [7, 11) is 0. The second-order valence-corrected chi connectivity index (χ2v) is 6.53. The lowest BCUT2D eigenvalue weighted by Gasteiger charge is -2.12. The van der Waals surface area contributed by atoms with E-state index >= 15 is 0 Å². The summed E-state index contributed by atoms with van der Waals surface area (Å²) in [6.07, 6.45) is 0. The summed E-state index contributed by atoms with van der Waals surface area (Å²) in [6.45, 7) is 0. The fraction of sp³-hybridized carbons (Fsp3) is 0. The highest BCUT2D eigenvalue weighted by molar-refractivity contribution is 6.05. The zero-order chi connectivity index (χ0) is 18.2. The van der Waals surface area contributed by atoms with Crippen molar-refractivity contribution in [2.75, 3.05) is 0 Å². The van der Waals surface area contributed by atoms with Crippen molar-refractivity contribution in [3.05, 3.63) is 107 Å². The first-order valence-corrected chi connectivity index (χ1v) is 8.92. The number of hydrogen-bond acceptors (Lipinski definition) is 2. The van der Waals surface area contributed by atoms with E-state index in [1.54, 1.807) is 0 Å². The van der Waals surface area contributed by atoms with Crippen LogP contribution in [0.1, 0.15) is 0 Å². The van der Waals surface area contributed by atoms with Crippen LogP contribution in [0.2, 0.25) is 0 Å². The molecule has 128 valence electrons. The van der Waals surface area contributed by atoms with E-state index in [0.29, 0.717) is 22.3 Å². The van der Waals surface area contributed by atoms with Gasteiger partial charge in [-0.2, -0.15) is 0 Å². The third-order valence-corrected chi connectivity index (χ3v) is 4.88. The Morgan fingerprint density at radius 2 is 1.19 bits per heavy atom. The Bertz CT molecular complexity index is 1320. The Balaban J connectivity index is 1.97. The van der Waals surface area contributed by atoms with Gasteiger partial charge in [0.1, 0.15) is 11.3 Å². The molecule has 0 N–H and O–H groups in total. The Kier molecular flexibility index (Phi) is 3.61. The zero-order valence-electron chi connectivity index (χ0n) is 14.6. The highest BCUT2D eigenvalue weighted by atomic mass is 16.3. The van der Waals surface area contributed by atoms with Crippen molar-refractivity contribution in [3.63, 3.8) is 0 Å². The van der Waals surface area contributed by atoms with Crippen molar-refractivity contribution in [3.8, 4) is 22.5 Å². The number of hydrogen-bond donors (Lipinski definition) is 0. The van der Waals surface area contributed by atoms with Crippen molar-refractivity contribution in [2.24, 2.45) is 0 Å². The minimum atomic E-state index is -0.00736. The van der Waals surface area contributed by atoms with Crippen LogP contribution < -0.4 is 5.43 Å². The van der Waals surface area contributed by atoms with Gasteiger partial charge in [0.25, 0.3) is 0 Å². The molecule has 4 aromatic carbocycles. The smallest absolute Gasteiger partial charge is 0.201 e. The van der Waals surface area contributed by atoms with Crippen LogP contribution in [-0.4, -0.2) is 0 Å². The summed E-state index contributed by atoms with van der Waals surface area (Å²) in [5.41, 5.74) is 2.98. The quantitative estimate of drug-likeness (QED) is 0.351. The van der Waals surface area contributed by atoms with Crippen molar-refractivity contribution in [2.45, 2.75) is 0 Å². The molecule has 0 aliphatic rings. The third-order valence-electron chi connectivity index (χ3n) is 4.88. The van der Waals surface area contributed by atoms with Gasteiger partial charge in [-0.15, -0.1) is 0 Å². The van der Waals surface area contributed by atoms with Crippen LogP contribution >= 0.6 is 0 Å². The van der Waals surface area contributed by atoms with Crippen LogP contribution in [0.25, 0.3) is 44.2 Å². The van der Waals surface area contributed by atoms with Crippen molar-refractivity contribution in [1.29, 1.82) is 0 Å². The van der Waals surface area contributed by atoms with Gasteiger partial charge in [0.05, 0.1) is 10.9 Å². The summed E-state index contributed by atoms with van der Waals surface area (Å²) in [6, 6.07) is 31.4. The monoisotopic (exact) mass is 348 g/mol. The molecule has 0 aliphatic carbocycles. The highest BCUT2D eigenvalue weighted by Crippen LogP contribution is 2.34. The molecule has 0 radical (unpaired) electrons. The summed E-state index contributed by atoms with van der Waals surface area (Å²) in [5.74, 6) is 0.607. The fourth-order valence-electron chi connectivity index (χ4n) is 3.58. The van der Waals surface area contributed by atoms with Gasteiger partial charge in [0.2, 0.25) is 5.43 Å². The molecule has 2 nitrogen and oxygen atoms in total. The van der Waals surface area contributed by atoms with Crippen LogP contribution in [0.3, 0.4) is 0 Å². The standard InChI is InChI=1S/C25H16O2/c26-23-21-16-15-17-9-7-8-14-20(17)25(21)27-24(19-12-5-2-6-13-19)22(23)18-10-3-1-4-11-18/h1-16H. The molecular formula is C25H16O2. The first kappa shape index (κ1) is 15.6. The average Bonchev–Trinajstić information content (AvgIpc) is 2.74. The lowest BCUT2D eigenvalue weighted by Crippen LogP contribution is -2.07. The maximum atomic E-state index is 13.5. The van der Waals surface area contributed by atoms with Gasteiger partial charge in [-0.3, -0.25) is 4.79 Å². The molecule has 0 bridgehead atoms. The van der Waals surface area contributed by atoms with Crippen LogP contribution in [0, 0.1) is 0 Å². The molecule has 27 heavy (non-hydrogen) atoms. The van der Waals surface area contributed by atoms with Crippen LogP contribution in [0.15, 0.2) is 106 Å². The Morgan fingerprint density at radius 3 is 1.93 bits per heavy atom. The largest absolute Gasteiger partial charge is 0.455 e. The maximum absolute atomic E-state index is 13.5. The molecule has 0 atom stereocenters. The van der Waals surface area contributed by atoms with E-state index in [1.165, 1.54) is 0 Å². The third kappa shape index (κ3) is 2.54. The Morgan fingerprint density at radius 1 is 0.556 bits per heavy atom. The van der Waals surface area contributed by atoms with E-state index in [0.717, 1.165) is 21.9 Å². The molecule has 1 aromatic heterocycles. The van der Waals surface area contributed by atoms with E-state index in [4.69, 9.17) is 4.42 Å². The van der Waals surface area contributed by atoms with E-state index in [2.05, 4.69) is 0 Å². The number of benzene rings is 4. The first-order chi connectivity index (χ1) is 13.3. The van der Waals surface area contributed by atoms with Crippen LogP contribution in [0.4, 0.5) is 0 Å². The molecule has 0 fully saturated rings. The SMILES string of the molecule is O=c1c(-c2ccccc2)c(-c2ccccc2)oc2c1ccc1ccccc12. The predicted octanol–water partition coefficient (Wildman–Crippen LogP) is 6.28. The molecule has 5 aromatic rings. The lowest BCUT2D eigenvalue weighted by molar-refractivity contribution is 0.624. The normalized spacial score (nSPS) is 11.1. The minimum absolute atomic E-state index is 0.00736. The van der Waals surface area contributed by atoms with Gasteiger partial charge in [0.15, 0.2) is 0 Å². The van der Waals surface area contributed by atoms with E-state index in [1.807, 2.05) is 97.1 Å². The first-order valence-electron chi connectivity index (χ1n) is 8.92. The van der Waals surface area contributed by atoms with Gasteiger partial charge in [-0.1, -0.05) is 91.0 Å². The molecule has 0 saturated carbocycles. The van der Waals surface area contributed by atoms with Gasteiger partial charge < -0.3 is 4.42 Å². The molecule has 0 saturated heterocycles. The van der Waals surface area contributed by atoms with Crippen molar-refractivity contribution < 1.29 is 4.42 Å². The molecule has 0 spiro atoms. The van der Waals surface area contributed by atoms with Crippen molar-refractivity contribution in [1.82, 2.24) is 0 Å². The van der Waals surface area contributed by atoms with Crippen LogP contribution in [0.5, 0.6) is 0 Å². The van der Waals surface area contributed by atoms with E-state index in [-0.39, 0.29) is 5.43 Å². The van der Waals surface area contributed by atoms with Gasteiger partial charge in [0, 0.05) is 10.9 Å². The molecule has 0 amide bonds. The second kappa shape index (κ2) is 6.26. The molecule has 2 heteroatoms. The number of fused-ring (bicyclic) bond motifs is 3. The fourth-order valence-corrected chi connectivity index (χ4v) is 3.58. The maximum Gasteiger partial charge on any atom is 0.201 e. The second-order valence-electron chi connectivity index (χ2n) is 6.53. The summed E-state index contributed by atoms with van der Waals surface area (Å²) >= 11 is 0. The summed E-state index contributed by atoms with van der Waals surface area (Å²) in [5, 5.41) is 2.61. The Hall–Kier alpha value is -3.65. The van der Waals surface area contributed by atoms with E-state index < -0.39 is 0 Å². The van der Waals surface area contributed by atoms with Gasteiger partial charge in [-0.05, 0) is 17.0 Å². The molecule has 0 aliphatic heterocycles. The summed E-state index contributed by atoms with van der Waals surface area (Å²) in [4.78, 5) is 13.5. The topological polar surface area (TPSA) is 30.2 Å². The lowest BCUT2D eigenvalue weighted by atomic mass is 9.97. The van der Waals surface area contributed by atoms with Gasteiger partial charge >= 0.3 is 0 Å². The molecule has 5 rings (SSSR count). The van der Waals surface area contributed by atoms with E-state index in [9.17, 15) is 4.79 Å². The molecule has 1 heterocycles. The van der Waals surface area contributed by atoms with Gasteiger partial charge in [-0.25, -0.2) is 0 Å². The average molecular weight is 348 g/mol. The highest BCUT2D eigenvalue weighted by Gasteiger charge is 2.18. The predicted molar refractivity (Wildman–Crippen MR) is 111 cm³/mol. The van der Waals surface area contributed by atoms with Crippen molar-refractivity contribution >= 4 is 21.7 Å². The van der Waals surface area contributed by atoms with Crippen LogP contribution in [-0.2, 0) is 0 Å².